The minimum atomic E-state index is 0.388. The van der Waals surface area contributed by atoms with Gasteiger partial charge in [-0.25, -0.2) is 0 Å². The molecule has 0 fully saturated rings. The van der Waals surface area contributed by atoms with E-state index in [9.17, 15) is 0 Å². The Labute approximate surface area is 119 Å². The molecule has 0 aliphatic rings. The van der Waals surface area contributed by atoms with Gasteiger partial charge in [0.2, 0.25) is 0 Å². The number of thiazole rings is 1. The highest BCUT2D eigenvalue weighted by atomic mass is 79.9. The van der Waals surface area contributed by atoms with E-state index in [1.165, 1.54) is 11.3 Å². The number of aromatic nitrogens is 1. The quantitative estimate of drug-likeness (QED) is 0.646. The number of hydrogen-bond donors (Lipinski definition) is 0. The molecule has 0 atom stereocenters. The minimum Gasteiger partial charge on any atom is -0.429 e. The van der Waals surface area contributed by atoms with Crippen molar-refractivity contribution in [3.05, 3.63) is 37.2 Å². The first kappa shape index (κ1) is 12.5. The average molecular weight is 359 g/mol. The van der Waals surface area contributed by atoms with Gasteiger partial charge in [0.05, 0.1) is 10.0 Å². The van der Waals surface area contributed by atoms with Gasteiger partial charge in [0.1, 0.15) is 5.15 Å². The lowest BCUT2D eigenvalue weighted by molar-refractivity contribution is 0.479. The molecule has 2 nitrogen and oxygen atoms in total. The number of ether oxygens (including phenoxy) is 1. The Morgan fingerprint density at radius 1 is 1.19 bits per heavy atom. The fraction of sp³-hybridized carbons (Fsp3) is 0. The van der Waals surface area contributed by atoms with Gasteiger partial charge in [0, 0.05) is 15.9 Å². The summed E-state index contributed by atoms with van der Waals surface area (Å²) >= 11 is 22.1. The summed E-state index contributed by atoms with van der Waals surface area (Å²) in [5.74, 6) is 0.445. The Hall–Kier alpha value is -0.000000000000000167. The van der Waals surface area contributed by atoms with Crippen molar-refractivity contribution in [3.63, 3.8) is 0 Å². The molecule has 0 amide bonds. The normalized spacial score (nSPS) is 10.5. The molecule has 0 spiro atoms. The molecule has 0 saturated heterocycles. The van der Waals surface area contributed by atoms with Crippen molar-refractivity contribution in [2.24, 2.45) is 0 Å². The largest absolute Gasteiger partial charge is 0.429 e. The average Bonchev–Trinajstić information content (AvgIpc) is 2.60. The van der Waals surface area contributed by atoms with Crippen molar-refractivity contribution >= 4 is 62.1 Å². The van der Waals surface area contributed by atoms with Crippen LogP contribution in [0.4, 0.5) is 0 Å². The van der Waals surface area contributed by atoms with Crippen molar-refractivity contribution in [1.82, 2.24) is 4.98 Å². The van der Waals surface area contributed by atoms with E-state index in [0.717, 1.165) is 0 Å². The monoisotopic (exact) mass is 357 g/mol. The van der Waals surface area contributed by atoms with Crippen LogP contribution in [0.25, 0.3) is 0 Å². The number of nitrogens with zero attached hydrogens (tertiary/aromatic N) is 1. The van der Waals surface area contributed by atoms with Crippen molar-refractivity contribution in [2.45, 2.75) is 0 Å². The van der Waals surface area contributed by atoms with E-state index >= 15 is 0 Å². The van der Waals surface area contributed by atoms with Crippen LogP contribution in [0.2, 0.25) is 15.2 Å². The molecule has 2 aromatic rings. The molecule has 0 unspecified atom stereocenters. The fourth-order valence-corrected chi connectivity index (χ4v) is 2.59. The summed E-state index contributed by atoms with van der Waals surface area (Å²) in [7, 11) is 0. The third-order valence-corrected chi connectivity index (χ3v) is 4.16. The first-order chi connectivity index (χ1) is 7.56. The van der Waals surface area contributed by atoms with E-state index in [-0.39, 0.29) is 0 Å². The third kappa shape index (κ3) is 2.81. The van der Waals surface area contributed by atoms with Gasteiger partial charge in [-0.1, -0.05) is 46.1 Å². The zero-order valence-corrected chi connectivity index (χ0v) is 12.2. The van der Waals surface area contributed by atoms with Gasteiger partial charge in [-0.05, 0) is 22.0 Å². The number of hydrogen-bond acceptors (Lipinski definition) is 3. The van der Waals surface area contributed by atoms with Crippen molar-refractivity contribution in [2.75, 3.05) is 0 Å². The number of halogens is 4. The van der Waals surface area contributed by atoms with Crippen molar-refractivity contribution in [1.29, 1.82) is 0 Å². The summed E-state index contributed by atoms with van der Waals surface area (Å²) in [4.78, 5) is 3.95. The molecule has 84 valence electrons. The third-order valence-electron chi connectivity index (χ3n) is 1.63. The maximum atomic E-state index is 5.99. The van der Waals surface area contributed by atoms with E-state index in [1.807, 2.05) is 0 Å². The van der Waals surface area contributed by atoms with Crippen LogP contribution in [0.3, 0.4) is 0 Å². The number of benzene rings is 1. The lowest BCUT2D eigenvalue weighted by atomic mass is 10.3. The molecule has 0 radical (unpaired) electrons. The summed E-state index contributed by atoms with van der Waals surface area (Å²) in [6, 6.07) is 3.28. The van der Waals surface area contributed by atoms with Crippen LogP contribution in [0.1, 0.15) is 0 Å². The molecule has 1 aromatic heterocycles. The standard InChI is InChI=1S/C9H3BrCl3NOS/c10-4-1-6(12)7(2-5(4)11)15-9-14-8(13)3-16-9/h1-3H. The van der Waals surface area contributed by atoms with Gasteiger partial charge >= 0.3 is 0 Å². The Kier molecular flexibility index (Phi) is 3.97. The first-order valence-corrected chi connectivity index (χ1v) is 6.80. The Balaban J connectivity index is 2.31. The Morgan fingerprint density at radius 3 is 2.56 bits per heavy atom. The van der Waals surface area contributed by atoms with Crippen LogP contribution in [-0.4, -0.2) is 4.98 Å². The highest BCUT2D eigenvalue weighted by molar-refractivity contribution is 9.10. The molecule has 2 rings (SSSR count). The molecule has 0 N–H and O–H groups in total. The van der Waals surface area contributed by atoms with E-state index < -0.39 is 0 Å². The second kappa shape index (κ2) is 5.10. The van der Waals surface area contributed by atoms with E-state index in [2.05, 4.69) is 20.9 Å². The highest BCUT2D eigenvalue weighted by Crippen LogP contribution is 2.37. The predicted molar refractivity (Wildman–Crippen MR) is 71.4 cm³/mol. The molecule has 16 heavy (non-hydrogen) atoms. The Morgan fingerprint density at radius 2 is 1.94 bits per heavy atom. The fourth-order valence-electron chi connectivity index (χ4n) is 0.962. The molecule has 7 heteroatoms. The molecule has 0 bridgehead atoms. The van der Waals surface area contributed by atoms with Crippen LogP contribution < -0.4 is 4.74 Å². The molecule has 1 heterocycles. The van der Waals surface area contributed by atoms with Gasteiger partial charge < -0.3 is 4.74 Å². The zero-order valence-electron chi connectivity index (χ0n) is 7.51. The molecule has 0 saturated carbocycles. The maximum Gasteiger partial charge on any atom is 0.280 e. The number of rotatable bonds is 2. The molecule has 0 aliphatic heterocycles. The summed E-state index contributed by atoms with van der Waals surface area (Å²) < 4.78 is 6.16. The first-order valence-electron chi connectivity index (χ1n) is 3.99. The SMILES string of the molecule is Clc1csc(Oc2cc(Cl)c(Br)cc2Cl)n1. The van der Waals surface area contributed by atoms with Gasteiger partial charge in [0.15, 0.2) is 5.75 Å². The van der Waals surface area contributed by atoms with Crippen molar-refractivity contribution in [3.8, 4) is 10.9 Å². The minimum absolute atomic E-state index is 0.388. The highest BCUT2D eigenvalue weighted by Gasteiger charge is 2.09. The summed E-state index contributed by atoms with van der Waals surface area (Å²) in [6.07, 6.45) is 0. The predicted octanol–water partition coefficient (Wildman–Crippen LogP) is 5.66. The lowest BCUT2D eigenvalue weighted by Crippen LogP contribution is -1.85. The maximum absolute atomic E-state index is 5.99. The molecular weight excluding hydrogens is 356 g/mol. The molecule has 0 aliphatic carbocycles. The second-order valence-corrected chi connectivity index (χ2v) is 5.61. The summed E-state index contributed by atoms with van der Waals surface area (Å²) in [5, 5.41) is 3.44. The van der Waals surface area contributed by atoms with Crippen LogP contribution in [0.5, 0.6) is 10.9 Å². The van der Waals surface area contributed by atoms with Gasteiger partial charge in [-0.15, -0.1) is 0 Å². The van der Waals surface area contributed by atoms with E-state index in [1.54, 1.807) is 17.5 Å². The van der Waals surface area contributed by atoms with Crippen LogP contribution in [0.15, 0.2) is 22.0 Å². The van der Waals surface area contributed by atoms with Crippen LogP contribution in [-0.2, 0) is 0 Å². The van der Waals surface area contributed by atoms with E-state index in [0.29, 0.717) is 30.6 Å². The Bertz CT molecular complexity index is 531. The van der Waals surface area contributed by atoms with Crippen LogP contribution in [0, 0.1) is 0 Å². The molecular formula is C9H3BrCl3NOS. The topological polar surface area (TPSA) is 22.1 Å². The summed E-state index contributed by atoms with van der Waals surface area (Å²) in [6.45, 7) is 0. The molecule has 1 aromatic carbocycles. The lowest BCUT2D eigenvalue weighted by Gasteiger charge is -2.05. The van der Waals surface area contributed by atoms with Gasteiger partial charge in [0.25, 0.3) is 5.19 Å². The second-order valence-electron chi connectivity index (χ2n) is 2.73. The van der Waals surface area contributed by atoms with Gasteiger partial charge in [-0.3, -0.25) is 0 Å². The van der Waals surface area contributed by atoms with Crippen molar-refractivity contribution < 1.29 is 4.74 Å². The van der Waals surface area contributed by atoms with Gasteiger partial charge in [-0.2, -0.15) is 4.98 Å². The summed E-state index contributed by atoms with van der Waals surface area (Å²) in [5.41, 5.74) is 0. The smallest absolute Gasteiger partial charge is 0.280 e. The zero-order chi connectivity index (χ0) is 11.7. The van der Waals surface area contributed by atoms with Crippen LogP contribution >= 0.6 is 62.1 Å². The van der Waals surface area contributed by atoms with E-state index in [4.69, 9.17) is 39.5 Å².